The molecule has 2 aliphatic heterocycles. The first-order chi connectivity index (χ1) is 13.2. The van der Waals surface area contributed by atoms with Crippen LogP contribution in [0.4, 0.5) is 0 Å². The number of hydrogen-bond acceptors (Lipinski definition) is 6. The van der Waals surface area contributed by atoms with E-state index in [1.807, 2.05) is 20.6 Å². The van der Waals surface area contributed by atoms with Crippen LogP contribution < -0.4 is 0 Å². The van der Waals surface area contributed by atoms with E-state index in [2.05, 4.69) is 21.3 Å². The Morgan fingerprint density at radius 2 is 1.70 bits per heavy atom. The van der Waals surface area contributed by atoms with Crippen LogP contribution in [0, 0.1) is 0 Å². The lowest BCUT2D eigenvalue weighted by Crippen LogP contribution is -2.51. The molecule has 0 bridgehead atoms. The Bertz CT molecular complexity index is 775. The maximum atomic E-state index is 12.6. The van der Waals surface area contributed by atoms with Gasteiger partial charge < -0.3 is 9.80 Å². The smallest absolute Gasteiger partial charge is 0.236 e. The van der Waals surface area contributed by atoms with Gasteiger partial charge in [-0.25, -0.2) is 4.98 Å². The summed E-state index contributed by atoms with van der Waals surface area (Å²) in [5, 5.41) is 7.07. The standard InChI is InChI=1S/C19H24N4O2S2/c24-17(11-16-14-27-19(20-16)15-3-10-26-13-15)23-8-6-21(7-9-23)12-18(25)22-4-1-2-5-22/h3,10,13-14H,1-2,4-9,11-12H2. The van der Waals surface area contributed by atoms with Crippen molar-refractivity contribution < 1.29 is 9.59 Å². The quantitative estimate of drug-likeness (QED) is 0.767. The van der Waals surface area contributed by atoms with Crippen LogP contribution in [-0.4, -0.2) is 77.3 Å². The molecule has 0 spiro atoms. The molecule has 0 saturated carbocycles. The Kier molecular flexibility index (Phi) is 5.85. The molecular formula is C19H24N4O2S2. The zero-order valence-corrected chi connectivity index (χ0v) is 16.9. The van der Waals surface area contributed by atoms with Crippen LogP contribution in [0.15, 0.2) is 22.2 Å². The Hall–Kier alpha value is -1.77. The monoisotopic (exact) mass is 404 g/mol. The summed E-state index contributed by atoms with van der Waals surface area (Å²) < 4.78 is 0. The van der Waals surface area contributed by atoms with Gasteiger partial charge in [-0.15, -0.1) is 11.3 Å². The molecule has 6 nitrogen and oxygen atoms in total. The molecule has 2 aromatic heterocycles. The third kappa shape index (κ3) is 4.56. The molecule has 0 aliphatic carbocycles. The number of carbonyl (C=O) groups excluding carboxylic acids is 2. The highest BCUT2D eigenvalue weighted by atomic mass is 32.1. The molecule has 2 aromatic rings. The van der Waals surface area contributed by atoms with Crippen LogP contribution in [-0.2, 0) is 16.0 Å². The second kappa shape index (κ2) is 8.50. The maximum absolute atomic E-state index is 12.6. The minimum absolute atomic E-state index is 0.127. The highest BCUT2D eigenvalue weighted by Gasteiger charge is 2.25. The van der Waals surface area contributed by atoms with Crippen LogP contribution >= 0.6 is 22.7 Å². The zero-order valence-electron chi connectivity index (χ0n) is 15.3. The van der Waals surface area contributed by atoms with Gasteiger partial charge in [-0.1, -0.05) is 0 Å². The minimum Gasteiger partial charge on any atom is -0.342 e. The van der Waals surface area contributed by atoms with E-state index < -0.39 is 0 Å². The molecule has 4 heterocycles. The van der Waals surface area contributed by atoms with Crippen molar-refractivity contribution in [1.82, 2.24) is 19.7 Å². The summed E-state index contributed by atoms with van der Waals surface area (Å²) in [6.07, 6.45) is 2.60. The van der Waals surface area contributed by atoms with Gasteiger partial charge in [0.25, 0.3) is 0 Å². The zero-order chi connectivity index (χ0) is 18.6. The number of likely N-dealkylation sites (tertiary alicyclic amines) is 1. The van der Waals surface area contributed by atoms with E-state index in [1.165, 1.54) is 0 Å². The molecule has 2 fully saturated rings. The summed E-state index contributed by atoms with van der Waals surface area (Å²) in [6, 6.07) is 2.05. The van der Waals surface area contributed by atoms with Crippen LogP contribution in [0.1, 0.15) is 18.5 Å². The van der Waals surface area contributed by atoms with Crippen LogP contribution in [0.2, 0.25) is 0 Å². The lowest BCUT2D eigenvalue weighted by molar-refractivity contribution is -0.134. The van der Waals surface area contributed by atoms with Crippen molar-refractivity contribution in [2.75, 3.05) is 45.8 Å². The van der Waals surface area contributed by atoms with E-state index in [1.54, 1.807) is 22.7 Å². The highest BCUT2D eigenvalue weighted by molar-refractivity contribution is 7.14. The normalized spacial score (nSPS) is 18.2. The average Bonchev–Trinajstić information content (AvgIpc) is 3.43. The first-order valence-corrected chi connectivity index (χ1v) is 11.3. The predicted molar refractivity (Wildman–Crippen MR) is 108 cm³/mol. The highest BCUT2D eigenvalue weighted by Crippen LogP contribution is 2.26. The minimum atomic E-state index is 0.127. The van der Waals surface area contributed by atoms with Gasteiger partial charge in [0.15, 0.2) is 0 Å². The second-order valence-corrected chi connectivity index (χ2v) is 8.72. The van der Waals surface area contributed by atoms with Gasteiger partial charge in [-0.3, -0.25) is 14.5 Å². The van der Waals surface area contributed by atoms with Crippen molar-refractivity contribution in [3.63, 3.8) is 0 Å². The number of carbonyl (C=O) groups is 2. The van der Waals surface area contributed by atoms with Crippen LogP contribution in [0.5, 0.6) is 0 Å². The first-order valence-electron chi connectivity index (χ1n) is 9.44. The number of piperazine rings is 1. The van der Waals surface area contributed by atoms with E-state index in [9.17, 15) is 9.59 Å². The largest absolute Gasteiger partial charge is 0.342 e. The number of aromatic nitrogens is 1. The van der Waals surface area contributed by atoms with Gasteiger partial charge in [-0.05, 0) is 24.3 Å². The van der Waals surface area contributed by atoms with E-state index in [4.69, 9.17) is 0 Å². The second-order valence-electron chi connectivity index (χ2n) is 7.08. The molecule has 144 valence electrons. The average molecular weight is 405 g/mol. The molecule has 2 amide bonds. The number of amides is 2. The Morgan fingerprint density at radius 1 is 0.963 bits per heavy atom. The van der Waals surface area contributed by atoms with E-state index >= 15 is 0 Å². The Balaban J connectivity index is 1.24. The fourth-order valence-corrected chi connectivity index (χ4v) is 5.12. The van der Waals surface area contributed by atoms with Gasteiger partial charge in [0.1, 0.15) is 5.01 Å². The van der Waals surface area contributed by atoms with Crippen LogP contribution in [0.3, 0.4) is 0 Å². The molecule has 27 heavy (non-hydrogen) atoms. The Labute approximate surface area is 167 Å². The molecule has 8 heteroatoms. The summed E-state index contributed by atoms with van der Waals surface area (Å²) in [7, 11) is 0. The number of thiophene rings is 1. The summed E-state index contributed by atoms with van der Waals surface area (Å²) in [4.78, 5) is 35.5. The molecule has 4 rings (SSSR count). The number of hydrogen-bond donors (Lipinski definition) is 0. The summed E-state index contributed by atoms with van der Waals surface area (Å²) in [5.41, 5.74) is 1.97. The molecule has 2 saturated heterocycles. The molecule has 0 radical (unpaired) electrons. The van der Waals surface area contributed by atoms with Crippen molar-refractivity contribution in [2.45, 2.75) is 19.3 Å². The van der Waals surface area contributed by atoms with Gasteiger partial charge in [-0.2, -0.15) is 11.3 Å². The molecule has 2 aliphatic rings. The van der Waals surface area contributed by atoms with E-state index in [0.29, 0.717) is 26.1 Å². The van der Waals surface area contributed by atoms with Gasteiger partial charge in [0.2, 0.25) is 11.8 Å². The van der Waals surface area contributed by atoms with E-state index in [0.717, 1.165) is 55.3 Å². The number of thiazole rings is 1. The fourth-order valence-electron chi connectivity index (χ4n) is 3.59. The Morgan fingerprint density at radius 3 is 2.41 bits per heavy atom. The van der Waals surface area contributed by atoms with Gasteiger partial charge >= 0.3 is 0 Å². The first kappa shape index (κ1) is 18.6. The van der Waals surface area contributed by atoms with Crippen molar-refractivity contribution in [1.29, 1.82) is 0 Å². The van der Waals surface area contributed by atoms with Crippen molar-refractivity contribution in [3.05, 3.63) is 27.9 Å². The van der Waals surface area contributed by atoms with Crippen molar-refractivity contribution >= 4 is 34.5 Å². The van der Waals surface area contributed by atoms with Crippen LogP contribution in [0.25, 0.3) is 10.6 Å². The predicted octanol–water partition coefficient (Wildman–Crippen LogP) is 2.18. The van der Waals surface area contributed by atoms with Gasteiger partial charge in [0, 0.05) is 55.6 Å². The summed E-state index contributed by atoms with van der Waals surface area (Å²) in [6.45, 7) is 5.20. The van der Waals surface area contributed by atoms with E-state index in [-0.39, 0.29) is 11.8 Å². The van der Waals surface area contributed by atoms with Crippen molar-refractivity contribution in [3.8, 4) is 10.6 Å². The SMILES string of the molecule is O=C(Cc1csc(-c2ccsc2)n1)N1CCN(CC(=O)N2CCCC2)CC1. The molecule has 0 N–H and O–H groups in total. The topological polar surface area (TPSA) is 56.8 Å². The number of rotatable bonds is 5. The third-order valence-corrected chi connectivity index (χ3v) is 6.82. The number of nitrogens with zero attached hydrogens (tertiary/aromatic N) is 4. The lowest BCUT2D eigenvalue weighted by Gasteiger charge is -2.35. The summed E-state index contributed by atoms with van der Waals surface area (Å²) in [5.74, 6) is 0.360. The molecule has 0 unspecified atom stereocenters. The third-order valence-electron chi connectivity index (χ3n) is 5.19. The lowest BCUT2D eigenvalue weighted by atomic mass is 10.2. The molecule has 0 atom stereocenters. The molecule has 0 aromatic carbocycles. The van der Waals surface area contributed by atoms with Crippen molar-refractivity contribution in [2.24, 2.45) is 0 Å². The molecular weight excluding hydrogens is 380 g/mol. The fraction of sp³-hybridized carbons (Fsp3) is 0.526. The maximum Gasteiger partial charge on any atom is 0.236 e. The van der Waals surface area contributed by atoms with Gasteiger partial charge in [0.05, 0.1) is 18.7 Å². The summed E-state index contributed by atoms with van der Waals surface area (Å²) >= 11 is 3.24.